The van der Waals surface area contributed by atoms with Crippen molar-refractivity contribution in [3.05, 3.63) is 87.1 Å². The van der Waals surface area contributed by atoms with E-state index in [-0.39, 0.29) is 11.8 Å². The molecule has 1 N–H and O–H groups in total. The molecular weight excluding hydrogens is 420 g/mol. The number of anilines is 1. The molecule has 4 rings (SSSR count). The Labute approximate surface area is 184 Å². The largest absolute Gasteiger partial charge is 0.383 e. The van der Waals surface area contributed by atoms with Crippen molar-refractivity contribution in [1.29, 1.82) is 0 Å². The molecule has 2 atom stereocenters. The Morgan fingerprint density at radius 3 is 2.60 bits per heavy atom. The number of benzene rings is 2. The van der Waals surface area contributed by atoms with Crippen LogP contribution in [-0.2, 0) is 9.53 Å². The number of hydrogen-bond acceptors (Lipinski definition) is 4. The summed E-state index contributed by atoms with van der Waals surface area (Å²) in [6, 6.07) is 17.8. The maximum Gasteiger partial charge on any atom is 0.254 e. The fraction of sp³-hybridized carbons (Fsp3) is 0.217. The van der Waals surface area contributed by atoms with E-state index in [0.29, 0.717) is 29.4 Å². The molecule has 7 heteroatoms. The highest BCUT2D eigenvalue weighted by molar-refractivity contribution is 7.10. The summed E-state index contributed by atoms with van der Waals surface area (Å²) in [5.41, 5.74) is 1.95. The Bertz CT molecular complexity index is 1040. The SMILES string of the molecule is COCCN1C(=O)c2ccccc2[C@H](C(=O)Nc2ccc(Cl)cc2)[C@H]1c1cccs1. The number of nitrogens with zero attached hydrogens (tertiary/aromatic N) is 1. The summed E-state index contributed by atoms with van der Waals surface area (Å²) in [6.07, 6.45) is 0. The summed E-state index contributed by atoms with van der Waals surface area (Å²) >= 11 is 7.51. The minimum absolute atomic E-state index is 0.0865. The van der Waals surface area contributed by atoms with Crippen LogP contribution in [0.1, 0.15) is 32.8 Å². The molecule has 0 aliphatic carbocycles. The number of amides is 2. The van der Waals surface area contributed by atoms with Crippen molar-refractivity contribution >= 4 is 40.4 Å². The molecule has 0 bridgehead atoms. The van der Waals surface area contributed by atoms with Crippen molar-refractivity contribution in [1.82, 2.24) is 4.90 Å². The lowest BCUT2D eigenvalue weighted by Crippen LogP contribution is -2.47. The van der Waals surface area contributed by atoms with Gasteiger partial charge in [-0.3, -0.25) is 9.59 Å². The summed E-state index contributed by atoms with van der Waals surface area (Å²) < 4.78 is 5.25. The number of hydrogen-bond donors (Lipinski definition) is 1. The third-order valence-electron chi connectivity index (χ3n) is 5.20. The summed E-state index contributed by atoms with van der Waals surface area (Å²) in [5.74, 6) is -0.806. The van der Waals surface area contributed by atoms with E-state index >= 15 is 0 Å². The van der Waals surface area contributed by atoms with E-state index in [0.717, 1.165) is 10.4 Å². The average molecular weight is 441 g/mol. The van der Waals surface area contributed by atoms with Crippen molar-refractivity contribution in [2.75, 3.05) is 25.6 Å². The Balaban J connectivity index is 1.78. The van der Waals surface area contributed by atoms with Gasteiger partial charge in [0.2, 0.25) is 5.91 Å². The predicted octanol–water partition coefficient (Wildman–Crippen LogP) is 4.97. The molecular formula is C23H21ClN2O3S. The molecule has 0 unspecified atom stereocenters. The molecule has 0 spiro atoms. The van der Waals surface area contributed by atoms with Gasteiger partial charge in [0, 0.05) is 34.8 Å². The fourth-order valence-corrected chi connectivity index (χ4v) is 4.84. The monoisotopic (exact) mass is 440 g/mol. The van der Waals surface area contributed by atoms with Gasteiger partial charge in [-0.15, -0.1) is 11.3 Å². The van der Waals surface area contributed by atoms with Gasteiger partial charge in [-0.1, -0.05) is 35.9 Å². The van der Waals surface area contributed by atoms with Crippen molar-refractivity contribution in [3.8, 4) is 0 Å². The van der Waals surface area contributed by atoms with E-state index in [4.69, 9.17) is 16.3 Å². The summed E-state index contributed by atoms with van der Waals surface area (Å²) in [4.78, 5) is 29.6. The second-order valence-electron chi connectivity index (χ2n) is 7.01. The van der Waals surface area contributed by atoms with Crippen LogP contribution in [-0.4, -0.2) is 37.0 Å². The number of methoxy groups -OCH3 is 1. The summed E-state index contributed by atoms with van der Waals surface area (Å²) in [5, 5.41) is 5.56. The van der Waals surface area contributed by atoms with Crippen LogP contribution in [0.15, 0.2) is 66.0 Å². The maximum absolute atomic E-state index is 13.5. The molecule has 1 aliphatic heterocycles. The summed E-state index contributed by atoms with van der Waals surface area (Å²) in [6.45, 7) is 0.790. The molecule has 1 aliphatic rings. The lowest BCUT2D eigenvalue weighted by atomic mass is 9.81. The van der Waals surface area contributed by atoms with E-state index in [9.17, 15) is 9.59 Å². The van der Waals surface area contributed by atoms with E-state index in [1.54, 1.807) is 53.7 Å². The van der Waals surface area contributed by atoms with Crippen LogP contribution in [0.4, 0.5) is 5.69 Å². The second kappa shape index (κ2) is 9.00. The van der Waals surface area contributed by atoms with Crippen LogP contribution in [0.5, 0.6) is 0 Å². The molecule has 0 saturated heterocycles. The molecule has 0 fully saturated rings. The van der Waals surface area contributed by atoms with Gasteiger partial charge in [0.05, 0.1) is 18.6 Å². The van der Waals surface area contributed by atoms with Crippen molar-refractivity contribution in [3.63, 3.8) is 0 Å². The van der Waals surface area contributed by atoms with Crippen LogP contribution in [0.3, 0.4) is 0 Å². The van der Waals surface area contributed by atoms with E-state index in [1.165, 1.54) is 0 Å². The highest BCUT2D eigenvalue weighted by Crippen LogP contribution is 2.44. The lowest BCUT2D eigenvalue weighted by Gasteiger charge is -2.41. The Hall–Kier alpha value is -2.67. The number of carbonyl (C=O) groups excluding carboxylic acids is 2. The molecule has 2 heterocycles. The van der Waals surface area contributed by atoms with Gasteiger partial charge < -0.3 is 15.0 Å². The highest BCUT2D eigenvalue weighted by Gasteiger charge is 2.44. The Kier molecular flexibility index (Phi) is 6.18. The average Bonchev–Trinajstić information content (AvgIpc) is 3.29. The number of rotatable bonds is 6. The fourth-order valence-electron chi connectivity index (χ4n) is 3.84. The highest BCUT2D eigenvalue weighted by atomic mass is 35.5. The van der Waals surface area contributed by atoms with Gasteiger partial charge in [-0.2, -0.15) is 0 Å². The number of thiophene rings is 1. The Morgan fingerprint density at radius 1 is 1.13 bits per heavy atom. The van der Waals surface area contributed by atoms with Crippen LogP contribution >= 0.6 is 22.9 Å². The standard InChI is InChI=1S/C23H21ClN2O3S/c1-29-13-12-26-21(19-7-4-14-30-19)20(17-5-2-3-6-18(17)23(26)28)22(27)25-16-10-8-15(24)9-11-16/h2-11,14,20-21H,12-13H2,1H3,(H,25,27)/t20-,21+/m0/s1. The first-order valence-corrected chi connectivity index (χ1v) is 10.8. The second-order valence-corrected chi connectivity index (χ2v) is 8.43. The van der Waals surface area contributed by atoms with Crippen LogP contribution in [0, 0.1) is 0 Å². The first-order chi connectivity index (χ1) is 14.6. The molecule has 2 aromatic carbocycles. The quantitative estimate of drug-likeness (QED) is 0.588. The number of fused-ring (bicyclic) bond motifs is 1. The first kappa shape index (κ1) is 20.6. The normalized spacial score (nSPS) is 18.2. The van der Waals surface area contributed by atoms with Gasteiger partial charge in [0.15, 0.2) is 0 Å². The van der Waals surface area contributed by atoms with E-state index in [2.05, 4.69) is 5.32 Å². The molecule has 0 saturated carbocycles. The zero-order valence-corrected chi connectivity index (χ0v) is 18.0. The minimum Gasteiger partial charge on any atom is -0.383 e. The van der Waals surface area contributed by atoms with Crippen molar-refractivity contribution < 1.29 is 14.3 Å². The lowest BCUT2D eigenvalue weighted by molar-refractivity contribution is -0.119. The number of nitrogens with one attached hydrogen (secondary N) is 1. The number of halogens is 1. The van der Waals surface area contributed by atoms with Crippen LogP contribution in [0.25, 0.3) is 0 Å². The van der Waals surface area contributed by atoms with E-state index in [1.807, 2.05) is 35.7 Å². The molecule has 2 amide bonds. The Morgan fingerprint density at radius 2 is 1.90 bits per heavy atom. The maximum atomic E-state index is 13.5. The van der Waals surface area contributed by atoms with Crippen LogP contribution in [0.2, 0.25) is 5.02 Å². The topological polar surface area (TPSA) is 58.6 Å². The van der Waals surface area contributed by atoms with E-state index < -0.39 is 12.0 Å². The number of carbonyl (C=O) groups is 2. The van der Waals surface area contributed by atoms with Gasteiger partial charge in [0.1, 0.15) is 0 Å². The zero-order chi connectivity index (χ0) is 21.1. The minimum atomic E-state index is -0.551. The van der Waals surface area contributed by atoms with Gasteiger partial charge in [0.25, 0.3) is 5.91 Å². The first-order valence-electron chi connectivity index (χ1n) is 9.59. The van der Waals surface area contributed by atoms with Crippen LogP contribution < -0.4 is 5.32 Å². The van der Waals surface area contributed by atoms with Crippen molar-refractivity contribution in [2.45, 2.75) is 12.0 Å². The van der Waals surface area contributed by atoms with Gasteiger partial charge in [-0.25, -0.2) is 0 Å². The molecule has 30 heavy (non-hydrogen) atoms. The molecule has 1 aromatic heterocycles. The molecule has 5 nitrogen and oxygen atoms in total. The molecule has 154 valence electrons. The van der Waals surface area contributed by atoms with Crippen molar-refractivity contribution in [2.24, 2.45) is 0 Å². The third kappa shape index (κ3) is 3.99. The van der Waals surface area contributed by atoms with Gasteiger partial charge in [-0.05, 0) is 47.3 Å². The number of ether oxygens (including phenoxy) is 1. The predicted molar refractivity (Wildman–Crippen MR) is 119 cm³/mol. The molecule has 0 radical (unpaired) electrons. The third-order valence-corrected chi connectivity index (χ3v) is 6.40. The smallest absolute Gasteiger partial charge is 0.254 e. The van der Waals surface area contributed by atoms with Gasteiger partial charge >= 0.3 is 0 Å². The molecule has 3 aromatic rings. The summed E-state index contributed by atoms with van der Waals surface area (Å²) in [7, 11) is 1.60. The zero-order valence-electron chi connectivity index (χ0n) is 16.4.